The summed E-state index contributed by atoms with van der Waals surface area (Å²) in [7, 11) is 1.23. The molecule has 0 unspecified atom stereocenters. The first-order valence-electron chi connectivity index (χ1n) is 10.7. The Morgan fingerprint density at radius 1 is 1.14 bits per heavy atom. The lowest BCUT2D eigenvalue weighted by Crippen LogP contribution is -2.62. The number of carbonyl (C=O) groups excluding carboxylic acids is 2. The summed E-state index contributed by atoms with van der Waals surface area (Å²) < 4.78 is 82.8. The summed E-state index contributed by atoms with van der Waals surface area (Å²) in [5, 5.41) is 2.62. The molecule has 1 aromatic carbocycles. The maximum absolute atomic E-state index is 14.1. The van der Waals surface area contributed by atoms with Crippen LogP contribution in [0.4, 0.5) is 32.0 Å². The van der Waals surface area contributed by atoms with Gasteiger partial charge < -0.3 is 10.1 Å². The fourth-order valence-electron chi connectivity index (χ4n) is 3.92. The summed E-state index contributed by atoms with van der Waals surface area (Å²) >= 11 is 5.44. The van der Waals surface area contributed by atoms with Gasteiger partial charge in [0, 0.05) is 42.5 Å². The molecule has 0 radical (unpaired) electrons. The Balaban J connectivity index is 2.04. The second-order valence-electron chi connectivity index (χ2n) is 8.32. The molecule has 0 saturated heterocycles. The van der Waals surface area contributed by atoms with E-state index in [9.17, 15) is 35.9 Å². The fourth-order valence-corrected chi connectivity index (χ4v) is 4.02. The third-order valence-electron chi connectivity index (χ3n) is 5.80. The smallest absolute Gasteiger partial charge is 0.406 e. The molecular weight excluding hydrogens is 517 g/mol. The lowest BCUT2D eigenvalue weighted by atomic mass is 9.69. The summed E-state index contributed by atoms with van der Waals surface area (Å²) in [6, 6.07) is 3.09. The van der Waals surface area contributed by atoms with Crippen molar-refractivity contribution in [3.05, 3.63) is 48.5 Å². The van der Waals surface area contributed by atoms with E-state index in [-0.39, 0.29) is 24.1 Å². The molecule has 194 valence electrons. The fraction of sp³-hybridized carbons (Fsp3) is 0.429. The SMILES string of the molecule is B[C@@](C(=O)NC1CCC(F)(F)CC1)(c1cncnc1)N(C(=O)[C@H](F)Cl)c1ccc(OC(F)(F)F)cc1. The standard InChI is InChI=1S/C21H20BClF6N4O3/c22-20(12-9-30-11-31-10-12,18(35)32-13-5-7-19(25,26)8-6-13)33(17(34)16(23)24)14-1-3-15(4-2-14)36-21(27,28)29/h1-4,9-11,13,16H,5-8,22H2,(H,32,35)/t16-,20-/m0/s1. The minimum atomic E-state index is -4.98. The summed E-state index contributed by atoms with van der Waals surface area (Å²) in [6.45, 7) is 0. The normalized spacial score (nSPS) is 18.5. The highest BCUT2D eigenvalue weighted by Gasteiger charge is 2.48. The monoisotopic (exact) mass is 536 g/mol. The van der Waals surface area contributed by atoms with Crippen molar-refractivity contribution in [2.75, 3.05) is 4.90 Å². The van der Waals surface area contributed by atoms with Crippen LogP contribution in [0.25, 0.3) is 0 Å². The van der Waals surface area contributed by atoms with Crippen LogP contribution in [0.3, 0.4) is 0 Å². The van der Waals surface area contributed by atoms with E-state index >= 15 is 0 Å². The van der Waals surface area contributed by atoms with Gasteiger partial charge in [0.05, 0.1) is 0 Å². The van der Waals surface area contributed by atoms with E-state index in [2.05, 4.69) is 20.0 Å². The molecule has 0 aliphatic heterocycles. The van der Waals surface area contributed by atoms with Crippen molar-refractivity contribution in [2.24, 2.45) is 0 Å². The number of nitrogens with zero attached hydrogens (tertiary/aromatic N) is 3. The molecule has 0 bridgehead atoms. The molecule has 1 saturated carbocycles. The van der Waals surface area contributed by atoms with E-state index < -0.39 is 59.8 Å². The minimum Gasteiger partial charge on any atom is -0.406 e. The molecule has 3 rings (SSSR count). The number of rotatable bonds is 7. The van der Waals surface area contributed by atoms with Crippen LogP contribution >= 0.6 is 11.6 Å². The van der Waals surface area contributed by atoms with Crippen molar-refractivity contribution in [2.45, 2.75) is 55.1 Å². The van der Waals surface area contributed by atoms with Crippen LogP contribution in [0.15, 0.2) is 43.0 Å². The second kappa shape index (κ2) is 10.5. The molecule has 1 aromatic heterocycles. The van der Waals surface area contributed by atoms with Crippen LogP contribution in [0.5, 0.6) is 5.75 Å². The van der Waals surface area contributed by atoms with Crippen LogP contribution in [0, 0.1) is 0 Å². The summed E-state index contributed by atoms with van der Waals surface area (Å²) in [6.07, 6.45) is -2.47. The average molecular weight is 537 g/mol. The number of amides is 2. The van der Waals surface area contributed by atoms with Crippen molar-refractivity contribution < 1.29 is 40.7 Å². The number of hydrogen-bond acceptors (Lipinski definition) is 5. The molecule has 0 spiro atoms. The van der Waals surface area contributed by atoms with Crippen LogP contribution < -0.4 is 15.0 Å². The molecule has 2 amide bonds. The second-order valence-corrected chi connectivity index (χ2v) is 8.70. The van der Waals surface area contributed by atoms with Gasteiger partial charge in [0.15, 0.2) is 7.85 Å². The Labute approximate surface area is 207 Å². The van der Waals surface area contributed by atoms with Gasteiger partial charge >= 0.3 is 6.36 Å². The highest BCUT2D eigenvalue weighted by Crippen LogP contribution is 2.36. The van der Waals surface area contributed by atoms with Gasteiger partial charge in [0.1, 0.15) is 17.5 Å². The van der Waals surface area contributed by atoms with Gasteiger partial charge in [-0.2, -0.15) is 0 Å². The molecule has 7 nitrogen and oxygen atoms in total. The van der Waals surface area contributed by atoms with E-state index in [0.717, 1.165) is 30.6 Å². The van der Waals surface area contributed by atoms with Gasteiger partial charge in [-0.3, -0.25) is 14.5 Å². The molecule has 1 heterocycles. The molecule has 36 heavy (non-hydrogen) atoms. The number of alkyl halides is 7. The van der Waals surface area contributed by atoms with Crippen LogP contribution in [0.2, 0.25) is 0 Å². The van der Waals surface area contributed by atoms with E-state index in [1.165, 1.54) is 20.2 Å². The summed E-state index contributed by atoms with van der Waals surface area (Å²) in [4.78, 5) is 34.9. The van der Waals surface area contributed by atoms with E-state index in [4.69, 9.17) is 11.6 Å². The zero-order chi connectivity index (χ0) is 26.7. The van der Waals surface area contributed by atoms with E-state index in [1.807, 2.05) is 0 Å². The largest absolute Gasteiger partial charge is 0.573 e. The van der Waals surface area contributed by atoms with Crippen molar-refractivity contribution in [3.63, 3.8) is 0 Å². The number of halogens is 7. The van der Waals surface area contributed by atoms with Gasteiger partial charge in [-0.25, -0.2) is 23.1 Å². The minimum absolute atomic E-state index is 0.00456. The highest BCUT2D eigenvalue weighted by atomic mass is 35.5. The number of nitrogens with one attached hydrogen (secondary N) is 1. The Morgan fingerprint density at radius 3 is 2.19 bits per heavy atom. The third kappa shape index (κ3) is 6.39. The van der Waals surface area contributed by atoms with Crippen LogP contribution in [0.1, 0.15) is 31.2 Å². The molecule has 15 heteroatoms. The first kappa shape index (κ1) is 27.6. The summed E-state index contributed by atoms with van der Waals surface area (Å²) in [5.41, 5.74) is -4.91. The molecule has 2 aromatic rings. The zero-order valence-corrected chi connectivity index (χ0v) is 19.5. The van der Waals surface area contributed by atoms with E-state index in [0.29, 0.717) is 4.90 Å². The lowest BCUT2D eigenvalue weighted by molar-refractivity contribution is -0.274. The Kier molecular flexibility index (Phi) is 8.06. The number of ether oxygens (including phenoxy) is 1. The quantitative estimate of drug-likeness (QED) is 0.333. The number of hydrogen-bond donors (Lipinski definition) is 1. The maximum Gasteiger partial charge on any atom is 0.573 e. The number of anilines is 1. The zero-order valence-electron chi connectivity index (χ0n) is 18.7. The van der Waals surface area contributed by atoms with Gasteiger partial charge in [-0.15, -0.1) is 13.2 Å². The predicted molar refractivity (Wildman–Crippen MR) is 119 cm³/mol. The van der Waals surface area contributed by atoms with E-state index in [1.54, 1.807) is 0 Å². The molecule has 1 aliphatic rings. The lowest BCUT2D eigenvalue weighted by Gasteiger charge is -2.42. The molecule has 1 fully saturated rings. The predicted octanol–water partition coefficient (Wildman–Crippen LogP) is 3.42. The van der Waals surface area contributed by atoms with Crippen LogP contribution in [-0.4, -0.2) is 53.6 Å². The Hall–Kier alpha value is -3.03. The average Bonchev–Trinajstić information content (AvgIpc) is 2.81. The van der Waals surface area contributed by atoms with Gasteiger partial charge in [-0.1, -0.05) is 11.6 Å². The number of benzene rings is 1. The first-order chi connectivity index (χ1) is 16.7. The van der Waals surface area contributed by atoms with Crippen molar-refractivity contribution in [3.8, 4) is 5.75 Å². The molecular formula is C21H20BClF6N4O3. The third-order valence-corrected chi connectivity index (χ3v) is 5.99. The maximum atomic E-state index is 14.1. The Bertz CT molecular complexity index is 1070. The van der Waals surface area contributed by atoms with Crippen molar-refractivity contribution >= 4 is 36.9 Å². The molecule has 2 atom stereocenters. The van der Waals surface area contributed by atoms with Crippen molar-refractivity contribution in [1.82, 2.24) is 15.3 Å². The van der Waals surface area contributed by atoms with Gasteiger partial charge in [-0.05, 0) is 37.1 Å². The highest BCUT2D eigenvalue weighted by molar-refractivity contribution is 6.37. The first-order valence-corrected chi connectivity index (χ1v) is 11.1. The Morgan fingerprint density at radius 2 is 1.69 bits per heavy atom. The van der Waals surface area contributed by atoms with Gasteiger partial charge in [0.25, 0.3) is 11.5 Å². The van der Waals surface area contributed by atoms with Crippen molar-refractivity contribution in [1.29, 1.82) is 0 Å². The number of aromatic nitrogens is 2. The van der Waals surface area contributed by atoms with Crippen LogP contribution in [-0.2, 0) is 15.0 Å². The summed E-state index contributed by atoms with van der Waals surface area (Å²) in [5.74, 6) is -5.77. The molecule has 1 aliphatic carbocycles. The van der Waals surface area contributed by atoms with Gasteiger partial charge in [0.2, 0.25) is 11.8 Å². The number of carbonyl (C=O) groups is 2. The molecule has 1 N–H and O–H groups in total. The topological polar surface area (TPSA) is 84.4 Å².